The molecule has 5 nitrogen and oxygen atoms in total. The normalized spacial score (nSPS) is 29.9. The van der Waals surface area contributed by atoms with E-state index in [-0.39, 0.29) is 17.9 Å². The third-order valence-electron chi connectivity index (χ3n) is 4.95. The Hall–Kier alpha value is -1.95. The first kappa shape index (κ1) is 13.7. The number of likely N-dealkylation sites (tertiary alicyclic amines) is 1. The molecule has 0 aromatic heterocycles. The van der Waals surface area contributed by atoms with Crippen molar-refractivity contribution in [3.63, 3.8) is 0 Å². The van der Waals surface area contributed by atoms with Crippen LogP contribution in [0.25, 0.3) is 0 Å². The van der Waals surface area contributed by atoms with Crippen LogP contribution in [0.5, 0.6) is 0 Å². The third kappa shape index (κ3) is 1.73. The van der Waals surface area contributed by atoms with Gasteiger partial charge in [0.1, 0.15) is 5.82 Å². The van der Waals surface area contributed by atoms with Gasteiger partial charge in [0, 0.05) is 25.1 Å². The predicted octanol–water partition coefficient (Wildman–Crippen LogP) is 1.31. The summed E-state index contributed by atoms with van der Waals surface area (Å²) in [6.45, 7) is 3.40. The first-order valence-corrected chi connectivity index (χ1v) is 7.54. The topological polar surface area (TPSA) is 49.9 Å². The van der Waals surface area contributed by atoms with Crippen LogP contribution >= 0.6 is 0 Å². The zero-order chi connectivity index (χ0) is 15.5. The molecule has 0 N–H and O–H groups in total. The van der Waals surface area contributed by atoms with E-state index in [1.165, 1.54) is 12.1 Å². The summed E-state index contributed by atoms with van der Waals surface area (Å²) in [6.07, 6.45) is 0.920. The van der Waals surface area contributed by atoms with Crippen LogP contribution in [0.15, 0.2) is 18.2 Å². The van der Waals surface area contributed by atoms with Gasteiger partial charge in [-0.05, 0) is 30.7 Å². The van der Waals surface area contributed by atoms with E-state index in [9.17, 15) is 14.0 Å². The van der Waals surface area contributed by atoms with E-state index in [0.29, 0.717) is 43.7 Å². The zero-order valence-corrected chi connectivity index (χ0v) is 12.3. The van der Waals surface area contributed by atoms with Crippen LogP contribution in [0.3, 0.4) is 0 Å². The average Bonchev–Trinajstić information content (AvgIpc) is 3.09. The van der Waals surface area contributed by atoms with Crippen LogP contribution in [0.4, 0.5) is 4.39 Å². The highest BCUT2D eigenvalue weighted by atomic mass is 19.1. The van der Waals surface area contributed by atoms with Crippen molar-refractivity contribution in [2.24, 2.45) is 0 Å². The van der Waals surface area contributed by atoms with Gasteiger partial charge in [0.25, 0.3) is 5.91 Å². The first-order chi connectivity index (χ1) is 10.5. The molecule has 2 atom stereocenters. The largest absolute Gasteiger partial charge is 0.351 e. The lowest BCUT2D eigenvalue weighted by molar-refractivity contribution is -0.136. The van der Waals surface area contributed by atoms with Gasteiger partial charge in [-0.2, -0.15) is 0 Å². The third-order valence-corrected chi connectivity index (χ3v) is 4.95. The SMILES string of the molecule is Cc1cc(F)cc(C(=O)N2CC[C@@]34OCCN3C(=O)C[C@@H]24)c1. The highest BCUT2D eigenvalue weighted by Gasteiger charge is 2.62. The van der Waals surface area contributed by atoms with Crippen molar-refractivity contribution in [1.82, 2.24) is 9.80 Å². The Balaban J connectivity index is 1.67. The molecule has 2 amide bonds. The molecule has 3 saturated heterocycles. The summed E-state index contributed by atoms with van der Waals surface area (Å²) in [5, 5.41) is 0. The second-order valence-electron chi connectivity index (χ2n) is 6.22. The number of halogens is 1. The molecule has 1 aromatic carbocycles. The summed E-state index contributed by atoms with van der Waals surface area (Å²) in [5.41, 5.74) is 0.395. The minimum Gasteiger partial charge on any atom is -0.351 e. The van der Waals surface area contributed by atoms with Crippen LogP contribution in [-0.4, -0.2) is 53.1 Å². The number of benzene rings is 1. The van der Waals surface area contributed by atoms with E-state index in [1.807, 2.05) is 0 Å². The molecule has 6 heteroatoms. The van der Waals surface area contributed by atoms with Gasteiger partial charge in [0.05, 0.1) is 19.1 Å². The van der Waals surface area contributed by atoms with E-state index in [4.69, 9.17) is 4.74 Å². The Bertz CT molecular complexity index is 657. The van der Waals surface area contributed by atoms with Gasteiger partial charge in [-0.25, -0.2) is 4.39 Å². The molecule has 22 heavy (non-hydrogen) atoms. The van der Waals surface area contributed by atoms with Gasteiger partial charge in [0.2, 0.25) is 5.91 Å². The number of rotatable bonds is 1. The molecule has 3 aliphatic rings. The number of amides is 2. The van der Waals surface area contributed by atoms with E-state index in [1.54, 1.807) is 22.8 Å². The molecule has 0 bridgehead atoms. The summed E-state index contributed by atoms with van der Waals surface area (Å²) in [6, 6.07) is 4.06. The van der Waals surface area contributed by atoms with Crippen molar-refractivity contribution >= 4 is 11.8 Å². The predicted molar refractivity (Wildman–Crippen MR) is 75.6 cm³/mol. The highest BCUT2D eigenvalue weighted by molar-refractivity contribution is 5.96. The van der Waals surface area contributed by atoms with Crippen LogP contribution in [-0.2, 0) is 9.53 Å². The van der Waals surface area contributed by atoms with Gasteiger partial charge >= 0.3 is 0 Å². The van der Waals surface area contributed by atoms with Crippen molar-refractivity contribution in [2.45, 2.75) is 31.5 Å². The Morgan fingerprint density at radius 1 is 1.36 bits per heavy atom. The maximum atomic E-state index is 13.6. The number of carbonyl (C=O) groups excluding carboxylic acids is 2. The molecule has 3 aliphatic heterocycles. The number of carbonyl (C=O) groups is 2. The van der Waals surface area contributed by atoms with Gasteiger partial charge in [0.15, 0.2) is 5.72 Å². The molecular formula is C16H17FN2O3. The fourth-order valence-corrected chi connectivity index (χ4v) is 4.06. The second-order valence-corrected chi connectivity index (χ2v) is 6.22. The fraction of sp³-hybridized carbons (Fsp3) is 0.500. The number of hydrogen-bond donors (Lipinski definition) is 0. The van der Waals surface area contributed by atoms with Gasteiger partial charge in [-0.1, -0.05) is 0 Å². The minimum atomic E-state index is -0.644. The van der Waals surface area contributed by atoms with E-state index in [2.05, 4.69) is 0 Å². The minimum absolute atomic E-state index is 0.0374. The van der Waals surface area contributed by atoms with Crippen molar-refractivity contribution in [3.05, 3.63) is 35.1 Å². The monoisotopic (exact) mass is 304 g/mol. The standard InChI is InChI=1S/C16H17FN2O3/c1-10-6-11(8-12(17)7-10)15(21)18-3-2-16-13(18)9-14(20)19(16)4-5-22-16/h6-8,13H,2-5,9H2,1H3/t13-,16+/m1/s1. The molecule has 0 radical (unpaired) electrons. The summed E-state index contributed by atoms with van der Waals surface area (Å²) in [4.78, 5) is 28.3. The lowest BCUT2D eigenvalue weighted by Crippen LogP contribution is -2.48. The molecule has 1 aromatic rings. The number of ether oxygens (including phenoxy) is 1. The van der Waals surface area contributed by atoms with Gasteiger partial charge < -0.3 is 14.5 Å². The molecule has 116 valence electrons. The number of hydrogen-bond acceptors (Lipinski definition) is 3. The molecular weight excluding hydrogens is 287 g/mol. The van der Waals surface area contributed by atoms with Crippen molar-refractivity contribution in [3.8, 4) is 0 Å². The smallest absolute Gasteiger partial charge is 0.254 e. The molecule has 3 fully saturated rings. The van der Waals surface area contributed by atoms with Crippen molar-refractivity contribution < 1.29 is 18.7 Å². The average molecular weight is 304 g/mol. The lowest BCUT2D eigenvalue weighted by Gasteiger charge is -2.31. The van der Waals surface area contributed by atoms with Crippen LogP contribution < -0.4 is 0 Å². The highest BCUT2D eigenvalue weighted by Crippen LogP contribution is 2.45. The second kappa shape index (κ2) is 4.52. The Morgan fingerprint density at radius 3 is 2.95 bits per heavy atom. The van der Waals surface area contributed by atoms with Crippen molar-refractivity contribution in [2.75, 3.05) is 19.7 Å². The number of aryl methyl sites for hydroxylation is 1. The molecule has 0 aliphatic carbocycles. The Morgan fingerprint density at radius 2 is 2.18 bits per heavy atom. The first-order valence-electron chi connectivity index (χ1n) is 7.54. The number of nitrogens with zero attached hydrogens (tertiary/aromatic N) is 2. The zero-order valence-electron chi connectivity index (χ0n) is 12.3. The van der Waals surface area contributed by atoms with Gasteiger partial charge in [-0.15, -0.1) is 0 Å². The fourth-order valence-electron chi connectivity index (χ4n) is 4.06. The van der Waals surface area contributed by atoms with Crippen LogP contribution in [0, 0.1) is 12.7 Å². The Kier molecular flexibility index (Phi) is 2.81. The summed E-state index contributed by atoms with van der Waals surface area (Å²) >= 11 is 0. The Labute approximate surface area is 127 Å². The van der Waals surface area contributed by atoms with Crippen molar-refractivity contribution in [1.29, 1.82) is 0 Å². The molecule has 1 spiro atoms. The lowest BCUT2D eigenvalue weighted by atomic mass is 10.1. The quantitative estimate of drug-likeness (QED) is 0.786. The summed E-state index contributed by atoms with van der Waals surface area (Å²) in [7, 11) is 0. The van der Waals surface area contributed by atoms with E-state index >= 15 is 0 Å². The summed E-state index contributed by atoms with van der Waals surface area (Å²) < 4.78 is 19.4. The molecule has 0 unspecified atom stereocenters. The molecule has 0 saturated carbocycles. The van der Waals surface area contributed by atoms with Crippen LogP contribution in [0.1, 0.15) is 28.8 Å². The maximum Gasteiger partial charge on any atom is 0.254 e. The molecule has 4 rings (SSSR count). The maximum absolute atomic E-state index is 13.6. The van der Waals surface area contributed by atoms with Gasteiger partial charge in [-0.3, -0.25) is 9.59 Å². The van der Waals surface area contributed by atoms with Crippen LogP contribution in [0.2, 0.25) is 0 Å². The van der Waals surface area contributed by atoms with E-state index in [0.717, 1.165) is 0 Å². The van der Waals surface area contributed by atoms with E-state index < -0.39 is 11.5 Å². The molecule has 3 heterocycles. The summed E-state index contributed by atoms with van der Waals surface area (Å²) in [5.74, 6) is -0.608.